The van der Waals surface area contributed by atoms with Gasteiger partial charge in [-0.05, 0) is 62.1 Å². The molecule has 1 aromatic rings. The van der Waals surface area contributed by atoms with Gasteiger partial charge in [0.15, 0.2) is 0 Å². The molecule has 0 saturated heterocycles. The van der Waals surface area contributed by atoms with Crippen LogP contribution in [0.4, 0.5) is 5.82 Å². The molecule has 3 heteroatoms. The Labute approximate surface area is 129 Å². The Morgan fingerprint density at radius 2 is 2.19 bits per heavy atom. The molecule has 2 bridgehead atoms. The molecule has 21 heavy (non-hydrogen) atoms. The summed E-state index contributed by atoms with van der Waals surface area (Å²) in [6, 6.07) is 4.32. The molecule has 3 unspecified atom stereocenters. The van der Waals surface area contributed by atoms with E-state index in [1.165, 1.54) is 37.8 Å². The average Bonchev–Trinajstić information content (AvgIpc) is 3.09. The first-order valence-corrected chi connectivity index (χ1v) is 8.62. The van der Waals surface area contributed by atoms with E-state index in [-0.39, 0.29) is 0 Å². The van der Waals surface area contributed by atoms with Gasteiger partial charge >= 0.3 is 0 Å². The highest BCUT2D eigenvalue weighted by Gasteiger charge is 2.39. The summed E-state index contributed by atoms with van der Waals surface area (Å²) in [7, 11) is 2.26. The van der Waals surface area contributed by atoms with Crippen molar-refractivity contribution in [3.05, 3.63) is 23.9 Å². The summed E-state index contributed by atoms with van der Waals surface area (Å²) in [5, 5.41) is 3.33. The molecule has 0 aliphatic heterocycles. The highest BCUT2D eigenvalue weighted by Crippen LogP contribution is 2.48. The number of anilines is 1. The first-order chi connectivity index (χ1) is 10.2. The molecule has 0 amide bonds. The molecule has 1 aromatic heterocycles. The maximum atomic E-state index is 4.50. The van der Waals surface area contributed by atoms with E-state index in [1.54, 1.807) is 0 Å². The Morgan fingerprint density at radius 3 is 2.81 bits per heavy atom. The van der Waals surface area contributed by atoms with Crippen LogP contribution in [0.5, 0.6) is 0 Å². The van der Waals surface area contributed by atoms with Crippen LogP contribution >= 0.6 is 0 Å². The van der Waals surface area contributed by atoms with Crippen LogP contribution in [-0.2, 0) is 6.54 Å². The summed E-state index contributed by atoms with van der Waals surface area (Å²) in [4.78, 5) is 6.99. The Balaban J connectivity index is 1.47. The largest absolute Gasteiger partial charge is 0.370 e. The van der Waals surface area contributed by atoms with Crippen molar-refractivity contribution in [3.63, 3.8) is 0 Å². The van der Waals surface area contributed by atoms with Crippen molar-refractivity contribution < 1.29 is 0 Å². The van der Waals surface area contributed by atoms with Gasteiger partial charge in [-0.2, -0.15) is 0 Å². The fourth-order valence-electron chi connectivity index (χ4n) is 4.25. The van der Waals surface area contributed by atoms with Crippen LogP contribution in [0.15, 0.2) is 18.3 Å². The Hall–Kier alpha value is -1.09. The third kappa shape index (κ3) is 3.76. The highest BCUT2D eigenvalue weighted by atomic mass is 15.1. The summed E-state index contributed by atoms with van der Waals surface area (Å²) in [6.07, 6.45) is 9.14. The van der Waals surface area contributed by atoms with Gasteiger partial charge in [0, 0.05) is 25.8 Å². The van der Waals surface area contributed by atoms with Crippen LogP contribution in [0, 0.1) is 17.8 Å². The van der Waals surface area contributed by atoms with Gasteiger partial charge in [-0.15, -0.1) is 0 Å². The summed E-state index contributed by atoms with van der Waals surface area (Å²) in [5.74, 6) is 4.03. The van der Waals surface area contributed by atoms with Crippen LogP contribution in [0.25, 0.3) is 0 Å². The monoisotopic (exact) mass is 287 g/mol. The molecule has 1 heterocycles. The van der Waals surface area contributed by atoms with E-state index in [9.17, 15) is 0 Å². The fraction of sp³-hybridized carbons (Fsp3) is 0.722. The third-order valence-corrected chi connectivity index (χ3v) is 5.26. The number of rotatable bonds is 7. The standard InChI is InChI=1S/C18H29N3/c1-3-8-19-18-7-5-15(11-20-18)12-21(2)13-17-10-14-4-6-16(17)9-14/h5,7,11,14,16-17H,3-4,6,8-10,12-13H2,1-2H3,(H,19,20). The maximum absolute atomic E-state index is 4.50. The number of aromatic nitrogens is 1. The van der Waals surface area contributed by atoms with Crippen molar-refractivity contribution in [3.8, 4) is 0 Å². The van der Waals surface area contributed by atoms with Gasteiger partial charge in [-0.1, -0.05) is 19.4 Å². The first-order valence-electron chi connectivity index (χ1n) is 8.62. The molecule has 0 aromatic carbocycles. The molecule has 2 aliphatic carbocycles. The van der Waals surface area contributed by atoms with E-state index in [0.29, 0.717) is 0 Å². The zero-order chi connectivity index (χ0) is 14.7. The molecule has 2 fully saturated rings. The lowest BCUT2D eigenvalue weighted by molar-refractivity contribution is 0.214. The van der Waals surface area contributed by atoms with E-state index in [4.69, 9.17) is 0 Å². The van der Waals surface area contributed by atoms with Crippen LogP contribution in [0.3, 0.4) is 0 Å². The molecule has 3 nitrogen and oxygen atoms in total. The Kier molecular flexibility index (Phi) is 4.79. The molecular formula is C18H29N3. The van der Waals surface area contributed by atoms with Crippen molar-refractivity contribution in [1.29, 1.82) is 0 Å². The molecule has 116 valence electrons. The normalized spacial score (nSPS) is 27.5. The third-order valence-electron chi connectivity index (χ3n) is 5.26. The van der Waals surface area contributed by atoms with Crippen molar-refractivity contribution in [2.45, 2.75) is 45.6 Å². The maximum Gasteiger partial charge on any atom is 0.125 e. The topological polar surface area (TPSA) is 28.2 Å². The second-order valence-electron chi connectivity index (χ2n) is 7.11. The number of pyridine rings is 1. The molecule has 0 radical (unpaired) electrons. The summed E-state index contributed by atoms with van der Waals surface area (Å²) >= 11 is 0. The zero-order valence-corrected chi connectivity index (χ0v) is 13.5. The van der Waals surface area contributed by atoms with Crippen molar-refractivity contribution >= 4 is 5.82 Å². The number of nitrogens with zero attached hydrogens (tertiary/aromatic N) is 2. The van der Waals surface area contributed by atoms with Crippen LogP contribution in [0.1, 0.15) is 44.6 Å². The molecule has 3 atom stereocenters. The lowest BCUT2D eigenvalue weighted by atomic mass is 9.88. The van der Waals surface area contributed by atoms with Gasteiger partial charge in [0.25, 0.3) is 0 Å². The first kappa shape index (κ1) is 14.8. The molecule has 3 rings (SSSR count). The van der Waals surface area contributed by atoms with Crippen LogP contribution < -0.4 is 5.32 Å². The summed E-state index contributed by atoms with van der Waals surface area (Å²) in [6.45, 7) is 5.45. The van der Waals surface area contributed by atoms with Gasteiger partial charge < -0.3 is 10.2 Å². The molecule has 2 aliphatic rings. The fourth-order valence-corrected chi connectivity index (χ4v) is 4.25. The number of nitrogens with one attached hydrogen (secondary N) is 1. The van der Waals surface area contributed by atoms with E-state index >= 15 is 0 Å². The number of hydrogen-bond acceptors (Lipinski definition) is 3. The predicted molar refractivity (Wildman–Crippen MR) is 88.3 cm³/mol. The quantitative estimate of drug-likeness (QED) is 0.827. The van der Waals surface area contributed by atoms with Gasteiger partial charge in [-0.3, -0.25) is 0 Å². The minimum atomic E-state index is 0.951. The molecular weight excluding hydrogens is 258 g/mol. The van der Waals surface area contributed by atoms with Crippen LogP contribution in [-0.4, -0.2) is 30.0 Å². The number of fused-ring (bicyclic) bond motifs is 2. The van der Waals surface area contributed by atoms with E-state index in [2.05, 4.69) is 41.3 Å². The summed E-state index contributed by atoms with van der Waals surface area (Å²) in [5.41, 5.74) is 1.32. The van der Waals surface area contributed by atoms with Crippen molar-refractivity contribution in [1.82, 2.24) is 9.88 Å². The second kappa shape index (κ2) is 6.78. The molecule has 1 N–H and O–H groups in total. The summed E-state index contributed by atoms with van der Waals surface area (Å²) < 4.78 is 0. The minimum Gasteiger partial charge on any atom is -0.370 e. The molecule has 2 saturated carbocycles. The average molecular weight is 287 g/mol. The van der Waals surface area contributed by atoms with E-state index in [0.717, 1.165) is 43.1 Å². The second-order valence-corrected chi connectivity index (χ2v) is 7.11. The SMILES string of the molecule is CCCNc1ccc(CN(C)CC2CC3CCC2C3)cn1. The number of hydrogen-bond donors (Lipinski definition) is 1. The van der Waals surface area contributed by atoms with Crippen molar-refractivity contribution in [2.75, 3.05) is 25.5 Å². The molecule has 0 spiro atoms. The lowest BCUT2D eigenvalue weighted by Gasteiger charge is -2.27. The van der Waals surface area contributed by atoms with Gasteiger partial charge in [0.05, 0.1) is 0 Å². The Morgan fingerprint density at radius 1 is 1.29 bits per heavy atom. The zero-order valence-electron chi connectivity index (χ0n) is 13.5. The van der Waals surface area contributed by atoms with Crippen LogP contribution in [0.2, 0.25) is 0 Å². The Bertz CT molecular complexity index is 442. The predicted octanol–water partition coefficient (Wildman–Crippen LogP) is 3.77. The minimum absolute atomic E-state index is 0.951. The van der Waals surface area contributed by atoms with Gasteiger partial charge in [-0.25, -0.2) is 4.98 Å². The van der Waals surface area contributed by atoms with Crippen molar-refractivity contribution in [2.24, 2.45) is 17.8 Å². The smallest absolute Gasteiger partial charge is 0.125 e. The van der Waals surface area contributed by atoms with Gasteiger partial charge in [0.2, 0.25) is 0 Å². The van der Waals surface area contributed by atoms with Gasteiger partial charge in [0.1, 0.15) is 5.82 Å². The lowest BCUT2D eigenvalue weighted by Crippen LogP contribution is -2.28. The van der Waals surface area contributed by atoms with E-state index < -0.39 is 0 Å². The van der Waals surface area contributed by atoms with E-state index in [1.807, 2.05) is 6.20 Å². The highest BCUT2D eigenvalue weighted by molar-refractivity contribution is 5.35.